The summed E-state index contributed by atoms with van der Waals surface area (Å²) in [7, 11) is 0. The van der Waals surface area contributed by atoms with Crippen LogP contribution >= 0.6 is 0 Å². The lowest BCUT2D eigenvalue weighted by molar-refractivity contribution is -0.143. The van der Waals surface area contributed by atoms with Gasteiger partial charge in [-0.05, 0) is 12.8 Å². The molecule has 1 N–H and O–H groups in total. The Hall–Kier alpha value is -1.06. The van der Waals surface area contributed by atoms with Gasteiger partial charge in [-0.3, -0.25) is 9.59 Å². The predicted molar refractivity (Wildman–Crippen MR) is 53.6 cm³/mol. The number of carbonyl (C=O) groups excluding carboxylic acids is 2. The second-order valence-corrected chi connectivity index (χ2v) is 3.56. The average Bonchev–Trinajstić information content (AvgIpc) is 2.13. The third-order valence-electron chi connectivity index (χ3n) is 2.13. The Morgan fingerprint density at radius 1 is 1.29 bits per heavy atom. The van der Waals surface area contributed by atoms with Crippen molar-refractivity contribution in [3.63, 3.8) is 0 Å². The van der Waals surface area contributed by atoms with Crippen LogP contribution in [0.1, 0.15) is 27.7 Å². The molecular formula is C10H19NO3. The zero-order valence-electron chi connectivity index (χ0n) is 9.29. The van der Waals surface area contributed by atoms with Gasteiger partial charge in [0.1, 0.15) is 6.54 Å². The summed E-state index contributed by atoms with van der Waals surface area (Å²) in [5, 5.41) is 2.53. The van der Waals surface area contributed by atoms with E-state index >= 15 is 0 Å². The number of ether oxygens (including phenoxy) is 1. The maximum atomic E-state index is 11.4. The summed E-state index contributed by atoms with van der Waals surface area (Å²) in [5.74, 6) is -0.300. The smallest absolute Gasteiger partial charge is 0.325 e. The first kappa shape index (κ1) is 12.9. The molecule has 1 unspecified atom stereocenters. The molecule has 0 bridgehead atoms. The van der Waals surface area contributed by atoms with Gasteiger partial charge in [-0.15, -0.1) is 0 Å². The van der Waals surface area contributed by atoms with Gasteiger partial charge in [0.15, 0.2) is 0 Å². The lowest BCUT2D eigenvalue weighted by Gasteiger charge is -2.14. The van der Waals surface area contributed by atoms with Crippen molar-refractivity contribution in [1.29, 1.82) is 0 Å². The number of hydrogen-bond donors (Lipinski definition) is 1. The van der Waals surface area contributed by atoms with Gasteiger partial charge < -0.3 is 10.1 Å². The van der Waals surface area contributed by atoms with Gasteiger partial charge in [0.2, 0.25) is 5.91 Å². The quantitative estimate of drug-likeness (QED) is 0.674. The molecule has 0 aliphatic rings. The van der Waals surface area contributed by atoms with E-state index in [9.17, 15) is 9.59 Å². The van der Waals surface area contributed by atoms with Crippen molar-refractivity contribution < 1.29 is 14.3 Å². The van der Waals surface area contributed by atoms with Crippen LogP contribution < -0.4 is 5.32 Å². The minimum Gasteiger partial charge on any atom is -0.465 e. The molecule has 0 saturated carbocycles. The molecule has 1 atom stereocenters. The first-order valence-corrected chi connectivity index (χ1v) is 4.92. The van der Waals surface area contributed by atoms with E-state index in [0.717, 1.165) is 0 Å². The largest absolute Gasteiger partial charge is 0.465 e. The molecule has 0 saturated heterocycles. The van der Waals surface area contributed by atoms with E-state index in [4.69, 9.17) is 0 Å². The summed E-state index contributed by atoms with van der Waals surface area (Å²) < 4.78 is 4.68. The van der Waals surface area contributed by atoms with Gasteiger partial charge in [-0.2, -0.15) is 0 Å². The van der Waals surface area contributed by atoms with Crippen molar-refractivity contribution in [2.75, 3.05) is 13.2 Å². The maximum Gasteiger partial charge on any atom is 0.325 e. The van der Waals surface area contributed by atoms with Crippen molar-refractivity contribution >= 4 is 11.9 Å². The highest BCUT2D eigenvalue weighted by Gasteiger charge is 2.16. The van der Waals surface area contributed by atoms with Crippen LogP contribution in [-0.4, -0.2) is 25.0 Å². The van der Waals surface area contributed by atoms with Gasteiger partial charge in [-0.1, -0.05) is 20.8 Å². The molecule has 0 aromatic rings. The Bertz CT molecular complexity index is 202. The Balaban J connectivity index is 3.79. The average molecular weight is 201 g/mol. The van der Waals surface area contributed by atoms with Crippen molar-refractivity contribution in [3.8, 4) is 0 Å². The SMILES string of the molecule is CCOC(=O)CNC(=O)C(C)C(C)C. The van der Waals surface area contributed by atoms with E-state index in [2.05, 4.69) is 10.1 Å². The van der Waals surface area contributed by atoms with E-state index in [1.165, 1.54) is 0 Å². The molecule has 0 spiro atoms. The van der Waals surface area contributed by atoms with Crippen LogP contribution in [-0.2, 0) is 14.3 Å². The predicted octanol–water partition coefficient (Wildman–Crippen LogP) is 0.958. The zero-order chi connectivity index (χ0) is 11.1. The number of nitrogens with one attached hydrogen (secondary N) is 1. The summed E-state index contributed by atoms with van der Waals surface area (Å²) in [6.07, 6.45) is 0. The highest BCUT2D eigenvalue weighted by Crippen LogP contribution is 2.08. The molecule has 1 amide bonds. The minimum atomic E-state index is -0.392. The summed E-state index contributed by atoms with van der Waals surface area (Å²) in [5.41, 5.74) is 0. The lowest BCUT2D eigenvalue weighted by Crippen LogP contribution is -2.36. The minimum absolute atomic E-state index is 0.0380. The fourth-order valence-corrected chi connectivity index (χ4v) is 0.835. The maximum absolute atomic E-state index is 11.4. The molecule has 0 radical (unpaired) electrons. The van der Waals surface area contributed by atoms with Crippen LogP contribution in [0.15, 0.2) is 0 Å². The van der Waals surface area contributed by atoms with Crippen LogP contribution in [0.4, 0.5) is 0 Å². The first-order valence-electron chi connectivity index (χ1n) is 4.92. The number of amides is 1. The summed E-state index contributed by atoms with van der Waals surface area (Å²) >= 11 is 0. The molecular weight excluding hydrogens is 182 g/mol. The molecule has 0 heterocycles. The number of carbonyl (C=O) groups is 2. The zero-order valence-corrected chi connectivity index (χ0v) is 9.29. The fourth-order valence-electron chi connectivity index (χ4n) is 0.835. The highest BCUT2D eigenvalue weighted by atomic mass is 16.5. The van der Waals surface area contributed by atoms with Gasteiger partial charge >= 0.3 is 5.97 Å². The Morgan fingerprint density at radius 2 is 1.86 bits per heavy atom. The molecule has 0 rings (SSSR count). The molecule has 0 aliphatic heterocycles. The van der Waals surface area contributed by atoms with Gasteiger partial charge in [0, 0.05) is 5.92 Å². The van der Waals surface area contributed by atoms with Crippen molar-refractivity contribution in [3.05, 3.63) is 0 Å². The summed E-state index contributed by atoms with van der Waals surface area (Å²) in [4.78, 5) is 22.3. The Labute approximate surface area is 85.0 Å². The monoisotopic (exact) mass is 201 g/mol. The second kappa shape index (κ2) is 6.40. The van der Waals surface area contributed by atoms with Crippen molar-refractivity contribution in [1.82, 2.24) is 5.32 Å². The number of hydrogen-bond acceptors (Lipinski definition) is 3. The van der Waals surface area contributed by atoms with Crippen molar-refractivity contribution in [2.24, 2.45) is 11.8 Å². The molecule has 4 nitrogen and oxygen atoms in total. The molecule has 82 valence electrons. The van der Waals surface area contributed by atoms with E-state index < -0.39 is 5.97 Å². The third-order valence-corrected chi connectivity index (χ3v) is 2.13. The fraction of sp³-hybridized carbons (Fsp3) is 0.800. The summed E-state index contributed by atoms with van der Waals surface area (Å²) in [6, 6.07) is 0. The standard InChI is InChI=1S/C10H19NO3/c1-5-14-9(12)6-11-10(13)8(4)7(2)3/h7-8H,5-6H2,1-4H3,(H,11,13). The first-order chi connectivity index (χ1) is 6.49. The summed E-state index contributed by atoms with van der Waals surface area (Å²) in [6.45, 7) is 7.81. The molecule has 0 aromatic heterocycles. The van der Waals surface area contributed by atoms with Crippen molar-refractivity contribution in [2.45, 2.75) is 27.7 Å². The topological polar surface area (TPSA) is 55.4 Å². The Kier molecular flexibility index (Phi) is 5.92. The molecule has 0 fully saturated rings. The van der Waals surface area contributed by atoms with Gasteiger partial charge in [0.05, 0.1) is 6.61 Å². The Morgan fingerprint density at radius 3 is 2.29 bits per heavy atom. The van der Waals surface area contributed by atoms with Crippen LogP contribution in [0.3, 0.4) is 0 Å². The highest BCUT2D eigenvalue weighted by molar-refractivity contribution is 5.83. The van der Waals surface area contributed by atoms with Crippen LogP contribution in [0.2, 0.25) is 0 Å². The van der Waals surface area contributed by atoms with Gasteiger partial charge in [0.25, 0.3) is 0 Å². The van der Waals surface area contributed by atoms with E-state index in [-0.39, 0.29) is 24.3 Å². The molecule has 0 aliphatic carbocycles. The van der Waals surface area contributed by atoms with E-state index in [1.807, 2.05) is 20.8 Å². The van der Waals surface area contributed by atoms with Crippen LogP contribution in [0, 0.1) is 11.8 Å². The third kappa shape index (κ3) is 4.84. The second-order valence-electron chi connectivity index (χ2n) is 3.56. The molecule has 14 heavy (non-hydrogen) atoms. The van der Waals surface area contributed by atoms with Gasteiger partial charge in [-0.25, -0.2) is 0 Å². The lowest BCUT2D eigenvalue weighted by atomic mass is 9.97. The van der Waals surface area contributed by atoms with Crippen LogP contribution in [0.25, 0.3) is 0 Å². The molecule has 4 heteroatoms. The number of esters is 1. The van der Waals surface area contributed by atoms with E-state index in [0.29, 0.717) is 6.61 Å². The van der Waals surface area contributed by atoms with Crippen LogP contribution in [0.5, 0.6) is 0 Å². The number of rotatable bonds is 5. The molecule has 0 aromatic carbocycles. The normalized spacial score (nSPS) is 12.4. The van der Waals surface area contributed by atoms with E-state index in [1.54, 1.807) is 6.92 Å².